The number of hydrogen-bond acceptors (Lipinski definition) is 2. The molecule has 0 atom stereocenters. The number of aromatic nitrogens is 1. The number of pyridine rings is 1. The van der Waals surface area contributed by atoms with Gasteiger partial charge in [0.2, 0.25) is 0 Å². The quantitative estimate of drug-likeness (QED) is 0.856. The normalized spacial score (nSPS) is 13.9. The zero-order chi connectivity index (χ0) is 11.8. The van der Waals surface area contributed by atoms with Gasteiger partial charge in [-0.1, -0.05) is 18.2 Å². The minimum Gasteiger partial charge on any atom is -0.481 e. The molecule has 1 aromatic carbocycles. The Kier molecular flexibility index (Phi) is 2.32. The van der Waals surface area contributed by atoms with Crippen molar-refractivity contribution in [1.82, 2.24) is 4.98 Å². The van der Waals surface area contributed by atoms with Gasteiger partial charge in [0, 0.05) is 11.1 Å². The Morgan fingerprint density at radius 3 is 2.94 bits per heavy atom. The first-order valence-electron chi connectivity index (χ1n) is 5.87. The standard InChI is InChI=1S/C14H13NO2/c16-14(17)8-11-9-4-1-2-6-12(9)15-13-7-3-5-10(11)13/h1-2,4,6H,3,5,7-8H2,(H,16,17). The largest absolute Gasteiger partial charge is 0.481 e. The first-order chi connectivity index (χ1) is 8.25. The number of nitrogens with zero attached hydrogens (tertiary/aromatic N) is 1. The summed E-state index contributed by atoms with van der Waals surface area (Å²) in [6, 6.07) is 7.82. The van der Waals surface area contributed by atoms with Crippen molar-refractivity contribution in [3.05, 3.63) is 41.1 Å². The third-order valence-corrected chi connectivity index (χ3v) is 3.37. The average molecular weight is 227 g/mol. The van der Waals surface area contributed by atoms with Crippen molar-refractivity contribution in [2.24, 2.45) is 0 Å². The van der Waals surface area contributed by atoms with Crippen molar-refractivity contribution < 1.29 is 9.90 Å². The van der Waals surface area contributed by atoms with Gasteiger partial charge in [-0.2, -0.15) is 0 Å². The number of para-hydroxylation sites is 1. The molecule has 1 heterocycles. The molecule has 0 saturated heterocycles. The molecule has 0 aliphatic heterocycles. The molecule has 1 aliphatic rings. The number of benzene rings is 1. The summed E-state index contributed by atoms with van der Waals surface area (Å²) in [6.07, 6.45) is 3.14. The van der Waals surface area contributed by atoms with Gasteiger partial charge in [-0.3, -0.25) is 9.78 Å². The highest BCUT2D eigenvalue weighted by atomic mass is 16.4. The van der Waals surface area contributed by atoms with Gasteiger partial charge in [0.05, 0.1) is 11.9 Å². The molecule has 1 N–H and O–H groups in total. The first-order valence-corrected chi connectivity index (χ1v) is 5.87. The maximum absolute atomic E-state index is 11.0. The predicted octanol–water partition coefficient (Wildman–Crippen LogP) is 2.35. The van der Waals surface area contributed by atoms with Crippen molar-refractivity contribution in [2.75, 3.05) is 0 Å². The van der Waals surface area contributed by atoms with Gasteiger partial charge in [0.25, 0.3) is 0 Å². The Morgan fingerprint density at radius 1 is 1.29 bits per heavy atom. The third kappa shape index (κ3) is 1.68. The molecule has 86 valence electrons. The molecule has 17 heavy (non-hydrogen) atoms. The van der Waals surface area contributed by atoms with E-state index in [4.69, 9.17) is 5.11 Å². The summed E-state index contributed by atoms with van der Waals surface area (Å²) < 4.78 is 0. The average Bonchev–Trinajstić information content (AvgIpc) is 2.76. The van der Waals surface area contributed by atoms with Gasteiger partial charge in [0.1, 0.15) is 0 Å². The van der Waals surface area contributed by atoms with Crippen LogP contribution in [-0.2, 0) is 24.1 Å². The number of carbonyl (C=O) groups is 1. The van der Waals surface area contributed by atoms with E-state index in [0.29, 0.717) is 0 Å². The zero-order valence-electron chi connectivity index (χ0n) is 9.44. The van der Waals surface area contributed by atoms with Gasteiger partial charge in [0.15, 0.2) is 0 Å². The summed E-state index contributed by atoms with van der Waals surface area (Å²) in [6.45, 7) is 0. The number of rotatable bonds is 2. The Balaban J connectivity index is 2.31. The van der Waals surface area contributed by atoms with Crippen LogP contribution in [0.4, 0.5) is 0 Å². The molecule has 0 spiro atoms. The van der Waals surface area contributed by atoms with E-state index in [2.05, 4.69) is 4.98 Å². The van der Waals surface area contributed by atoms with Crippen LogP contribution in [0.2, 0.25) is 0 Å². The number of aliphatic carboxylic acids is 1. The number of fused-ring (bicyclic) bond motifs is 2. The maximum atomic E-state index is 11.0. The molecule has 0 bridgehead atoms. The molecule has 2 aromatic rings. The van der Waals surface area contributed by atoms with Crippen molar-refractivity contribution in [2.45, 2.75) is 25.7 Å². The monoisotopic (exact) mass is 227 g/mol. The second-order valence-corrected chi connectivity index (χ2v) is 4.46. The van der Waals surface area contributed by atoms with Crippen LogP contribution in [-0.4, -0.2) is 16.1 Å². The van der Waals surface area contributed by atoms with Crippen LogP contribution in [0.5, 0.6) is 0 Å². The van der Waals surface area contributed by atoms with Gasteiger partial charge < -0.3 is 5.11 Å². The lowest BCUT2D eigenvalue weighted by Gasteiger charge is -2.10. The van der Waals surface area contributed by atoms with E-state index in [9.17, 15) is 4.79 Å². The van der Waals surface area contributed by atoms with Crippen LogP contribution in [0, 0.1) is 0 Å². The van der Waals surface area contributed by atoms with Crippen molar-refractivity contribution in [3.63, 3.8) is 0 Å². The molecule has 0 radical (unpaired) electrons. The predicted molar refractivity (Wildman–Crippen MR) is 65.1 cm³/mol. The summed E-state index contributed by atoms with van der Waals surface area (Å²) in [7, 11) is 0. The fourth-order valence-electron chi connectivity index (χ4n) is 2.66. The highest BCUT2D eigenvalue weighted by molar-refractivity contribution is 5.87. The Morgan fingerprint density at radius 2 is 2.12 bits per heavy atom. The van der Waals surface area contributed by atoms with Crippen LogP contribution in [0.3, 0.4) is 0 Å². The number of carboxylic acids is 1. The van der Waals surface area contributed by atoms with Gasteiger partial charge in [-0.25, -0.2) is 0 Å². The molecule has 3 rings (SSSR count). The minimum atomic E-state index is -0.768. The zero-order valence-corrected chi connectivity index (χ0v) is 9.44. The van der Waals surface area contributed by atoms with E-state index in [1.165, 1.54) is 5.56 Å². The molecule has 0 amide bonds. The highest BCUT2D eigenvalue weighted by Crippen LogP contribution is 2.30. The van der Waals surface area contributed by atoms with Gasteiger partial charge >= 0.3 is 5.97 Å². The number of hydrogen-bond donors (Lipinski definition) is 1. The van der Waals surface area contributed by atoms with Crippen molar-refractivity contribution >= 4 is 16.9 Å². The molecule has 1 aliphatic carbocycles. The lowest BCUT2D eigenvalue weighted by Crippen LogP contribution is -2.06. The Hall–Kier alpha value is -1.90. The van der Waals surface area contributed by atoms with E-state index in [1.54, 1.807) is 0 Å². The third-order valence-electron chi connectivity index (χ3n) is 3.37. The van der Waals surface area contributed by atoms with Crippen LogP contribution < -0.4 is 0 Å². The Labute approximate surface area is 99.1 Å². The van der Waals surface area contributed by atoms with E-state index in [0.717, 1.165) is 41.4 Å². The summed E-state index contributed by atoms with van der Waals surface area (Å²) in [5, 5.41) is 10.0. The second-order valence-electron chi connectivity index (χ2n) is 4.46. The topological polar surface area (TPSA) is 50.2 Å². The molecular formula is C14H13NO2. The highest BCUT2D eigenvalue weighted by Gasteiger charge is 2.20. The lowest BCUT2D eigenvalue weighted by atomic mass is 9.99. The summed E-state index contributed by atoms with van der Waals surface area (Å²) >= 11 is 0. The molecule has 1 aromatic heterocycles. The molecule has 3 nitrogen and oxygen atoms in total. The first kappa shape index (κ1) is 10.3. The summed E-state index contributed by atoms with van der Waals surface area (Å²) in [5.74, 6) is -0.768. The van der Waals surface area contributed by atoms with Crippen LogP contribution in [0.25, 0.3) is 10.9 Å². The summed E-state index contributed by atoms with van der Waals surface area (Å²) in [4.78, 5) is 15.6. The van der Waals surface area contributed by atoms with Crippen molar-refractivity contribution in [3.8, 4) is 0 Å². The lowest BCUT2D eigenvalue weighted by molar-refractivity contribution is -0.136. The van der Waals surface area contributed by atoms with Gasteiger partial charge in [-0.05, 0) is 36.5 Å². The van der Waals surface area contributed by atoms with Crippen molar-refractivity contribution in [1.29, 1.82) is 0 Å². The molecular weight excluding hydrogens is 214 g/mol. The molecule has 0 fully saturated rings. The maximum Gasteiger partial charge on any atom is 0.307 e. The van der Waals surface area contributed by atoms with Crippen LogP contribution in [0.15, 0.2) is 24.3 Å². The smallest absolute Gasteiger partial charge is 0.307 e. The molecule has 0 saturated carbocycles. The van der Waals surface area contributed by atoms with Crippen LogP contribution >= 0.6 is 0 Å². The van der Waals surface area contributed by atoms with Gasteiger partial charge in [-0.15, -0.1) is 0 Å². The summed E-state index contributed by atoms with van der Waals surface area (Å²) in [5.41, 5.74) is 4.16. The van der Waals surface area contributed by atoms with E-state index in [-0.39, 0.29) is 6.42 Å². The minimum absolute atomic E-state index is 0.103. The van der Waals surface area contributed by atoms with E-state index >= 15 is 0 Å². The SMILES string of the molecule is O=C(O)Cc1c2c(nc3ccccc13)CCC2. The molecule has 3 heteroatoms. The fraction of sp³-hybridized carbons (Fsp3) is 0.286. The number of carboxylic acid groups (broad SMARTS) is 1. The fourth-order valence-corrected chi connectivity index (χ4v) is 2.66. The second kappa shape index (κ2) is 3.84. The van der Waals surface area contributed by atoms with E-state index in [1.807, 2.05) is 24.3 Å². The Bertz CT molecular complexity index is 604. The van der Waals surface area contributed by atoms with E-state index < -0.39 is 5.97 Å². The number of aryl methyl sites for hydroxylation is 1. The van der Waals surface area contributed by atoms with Crippen LogP contribution in [0.1, 0.15) is 23.2 Å². The molecule has 0 unspecified atom stereocenters.